The van der Waals surface area contributed by atoms with Crippen LogP contribution in [0.1, 0.15) is 42.0 Å². The molecule has 0 fully saturated rings. The summed E-state index contributed by atoms with van der Waals surface area (Å²) < 4.78 is 5.65. The third-order valence-corrected chi connectivity index (χ3v) is 4.82. The molecule has 0 spiro atoms. The smallest absolute Gasteiger partial charge is 0.224 e. The number of fused-ring (bicyclic) bond motifs is 1. The molecule has 0 atom stereocenters. The molecular weight excluding hydrogens is 334 g/mol. The molecule has 0 bridgehead atoms. The molecule has 3 aromatic rings. The van der Waals surface area contributed by atoms with Crippen LogP contribution in [0.5, 0.6) is 0 Å². The molecule has 2 aromatic carbocycles. The minimum Gasteiger partial charge on any atom is -0.464 e. The van der Waals surface area contributed by atoms with E-state index in [1.807, 2.05) is 24.3 Å². The summed E-state index contributed by atoms with van der Waals surface area (Å²) in [6.45, 7) is 6.85. The fourth-order valence-electron chi connectivity index (χ4n) is 3.07. The second-order valence-electron chi connectivity index (χ2n) is 6.67. The Morgan fingerprint density at radius 3 is 2.68 bits per heavy atom. The molecular formula is C21H22ClNO2. The quantitative estimate of drug-likeness (QED) is 0.667. The zero-order valence-corrected chi connectivity index (χ0v) is 15.5. The lowest BCUT2D eigenvalue weighted by Crippen LogP contribution is -2.24. The topological polar surface area (TPSA) is 42.2 Å². The Hall–Kier alpha value is -2.26. The van der Waals surface area contributed by atoms with Crippen LogP contribution in [0.2, 0.25) is 5.02 Å². The van der Waals surface area contributed by atoms with E-state index in [-0.39, 0.29) is 12.3 Å². The number of carbonyl (C=O) groups excluding carboxylic acids is 1. The van der Waals surface area contributed by atoms with E-state index in [9.17, 15) is 4.79 Å². The largest absolute Gasteiger partial charge is 0.464 e. The Balaban J connectivity index is 1.75. The number of halogens is 1. The zero-order chi connectivity index (χ0) is 18.0. The SMILES string of the molecule is Cc1cc2occ(CC(=O)NCc3ccccc3Cl)c2cc1C(C)C. The van der Waals surface area contributed by atoms with Crippen molar-refractivity contribution in [3.8, 4) is 0 Å². The van der Waals surface area contributed by atoms with E-state index in [2.05, 4.69) is 38.2 Å². The first-order chi connectivity index (χ1) is 12.0. The predicted octanol–water partition coefficient (Wildman–Crippen LogP) is 5.38. The molecule has 25 heavy (non-hydrogen) atoms. The Kier molecular flexibility index (Phi) is 5.14. The van der Waals surface area contributed by atoms with Crippen molar-refractivity contribution in [2.24, 2.45) is 0 Å². The maximum absolute atomic E-state index is 12.3. The summed E-state index contributed by atoms with van der Waals surface area (Å²) in [6.07, 6.45) is 1.97. The summed E-state index contributed by atoms with van der Waals surface area (Å²) in [5, 5.41) is 4.60. The van der Waals surface area contributed by atoms with Crippen molar-refractivity contribution >= 4 is 28.5 Å². The highest BCUT2D eigenvalue weighted by Gasteiger charge is 2.14. The van der Waals surface area contributed by atoms with Crippen LogP contribution in [0.4, 0.5) is 0 Å². The molecule has 0 saturated heterocycles. The van der Waals surface area contributed by atoms with Gasteiger partial charge in [0.15, 0.2) is 0 Å². The van der Waals surface area contributed by atoms with E-state index in [0.717, 1.165) is 22.1 Å². The second-order valence-corrected chi connectivity index (χ2v) is 7.07. The monoisotopic (exact) mass is 355 g/mol. The number of aryl methyl sites for hydroxylation is 1. The van der Waals surface area contributed by atoms with Crippen molar-refractivity contribution in [3.05, 3.63) is 69.9 Å². The van der Waals surface area contributed by atoms with Crippen molar-refractivity contribution in [1.29, 1.82) is 0 Å². The molecule has 0 saturated carbocycles. The highest BCUT2D eigenvalue weighted by molar-refractivity contribution is 6.31. The van der Waals surface area contributed by atoms with Crippen molar-refractivity contribution in [3.63, 3.8) is 0 Å². The van der Waals surface area contributed by atoms with Gasteiger partial charge in [-0.1, -0.05) is 43.6 Å². The van der Waals surface area contributed by atoms with Gasteiger partial charge in [-0.15, -0.1) is 0 Å². The van der Waals surface area contributed by atoms with Crippen LogP contribution in [-0.4, -0.2) is 5.91 Å². The molecule has 1 N–H and O–H groups in total. The van der Waals surface area contributed by atoms with Gasteiger partial charge in [-0.05, 0) is 47.7 Å². The summed E-state index contributed by atoms with van der Waals surface area (Å²) >= 11 is 6.12. The first-order valence-corrected chi connectivity index (χ1v) is 8.84. The van der Waals surface area contributed by atoms with E-state index < -0.39 is 0 Å². The van der Waals surface area contributed by atoms with E-state index >= 15 is 0 Å². The number of rotatable bonds is 5. The Morgan fingerprint density at radius 1 is 1.20 bits per heavy atom. The fraction of sp³-hybridized carbons (Fsp3) is 0.286. The average molecular weight is 356 g/mol. The van der Waals surface area contributed by atoms with Crippen LogP contribution < -0.4 is 5.32 Å². The van der Waals surface area contributed by atoms with Crippen LogP contribution in [0, 0.1) is 6.92 Å². The number of nitrogens with one attached hydrogen (secondary N) is 1. The second kappa shape index (κ2) is 7.32. The molecule has 3 rings (SSSR count). The van der Waals surface area contributed by atoms with Crippen LogP contribution >= 0.6 is 11.6 Å². The van der Waals surface area contributed by atoms with Gasteiger partial charge in [0.25, 0.3) is 0 Å². The zero-order valence-electron chi connectivity index (χ0n) is 14.7. The molecule has 4 heteroatoms. The maximum Gasteiger partial charge on any atom is 0.224 e. The number of furan rings is 1. The van der Waals surface area contributed by atoms with E-state index in [4.69, 9.17) is 16.0 Å². The van der Waals surface area contributed by atoms with Crippen LogP contribution in [-0.2, 0) is 17.8 Å². The first-order valence-electron chi connectivity index (χ1n) is 8.46. The lowest BCUT2D eigenvalue weighted by Gasteiger charge is -2.10. The molecule has 0 radical (unpaired) electrons. The molecule has 1 heterocycles. The highest BCUT2D eigenvalue weighted by Crippen LogP contribution is 2.29. The van der Waals surface area contributed by atoms with Gasteiger partial charge in [0, 0.05) is 22.5 Å². The first kappa shape index (κ1) is 17.6. The molecule has 3 nitrogen and oxygen atoms in total. The lowest BCUT2D eigenvalue weighted by molar-refractivity contribution is -0.120. The van der Waals surface area contributed by atoms with Gasteiger partial charge in [0.1, 0.15) is 5.58 Å². The van der Waals surface area contributed by atoms with Crippen LogP contribution in [0.15, 0.2) is 47.1 Å². The summed E-state index contributed by atoms with van der Waals surface area (Å²) in [5.41, 5.74) is 5.15. The molecule has 0 aliphatic heterocycles. The molecule has 0 aliphatic carbocycles. The van der Waals surface area contributed by atoms with Crippen molar-refractivity contribution < 1.29 is 9.21 Å². The minimum absolute atomic E-state index is 0.0470. The fourth-order valence-corrected chi connectivity index (χ4v) is 3.28. The van der Waals surface area contributed by atoms with Crippen molar-refractivity contribution in [1.82, 2.24) is 5.32 Å². The Labute approximate surface area is 153 Å². The van der Waals surface area contributed by atoms with Gasteiger partial charge in [-0.3, -0.25) is 4.79 Å². The van der Waals surface area contributed by atoms with Gasteiger partial charge in [-0.2, -0.15) is 0 Å². The van der Waals surface area contributed by atoms with Crippen molar-refractivity contribution in [2.75, 3.05) is 0 Å². The van der Waals surface area contributed by atoms with E-state index in [1.54, 1.807) is 6.26 Å². The molecule has 0 unspecified atom stereocenters. The predicted molar refractivity (Wildman–Crippen MR) is 102 cm³/mol. The summed E-state index contributed by atoms with van der Waals surface area (Å²) in [6, 6.07) is 11.7. The third kappa shape index (κ3) is 3.88. The number of benzene rings is 2. The highest BCUT2D eigenvalue weighted by atomic mass is 35.5. The van der Waals surface area contributed by atoms with E-state index in [1.165, 1.54) is 11.1 Å². The normalized spacial score (nSPS) is 11.2. The Morgan fingerprint density at radius 2 is 1.96 bits per heavy atom. The third-order valence-electron chi connectivity index (χ3n) is 4.45. The van der Waals surface area contributed by atoms with Crippen LogP contribution in [0.3, 0.4) is 0 Å². The number of amides is 1. The van der Waals surface area contributed by atoms with Crippen molar-refractivity contribution in [2.45, 2.75) is 39.7 Å². The molecule has 0 aliphatic rings. The average Bonchev–Trinajstić information content (AvgIpc) is 2.95. The number of hydrogen-bond donors (Lipinski definition) is 1. The van der Waals surface area contributed by atoms with Crippen LogP contribution in [0.25, 0.3) is 11.0 Å². The maximum atomic E-state index is 12.3. The van der Waals surface area contributed by atoms with E-state index in [0.29, 0.717) is 17.5 Å². The van der Waals surface area contributed by atoms with Gasteiger partial charge >= 0.3 is 0 Å². The Bertz CT molecular complexity index is 911. The van der Waals surface area contributed by atoms with Gasteiger partial charge < -0.3 is 9.73 Å². The standard InChI is InChI=1S/C21H22ClNO2/c1-13(2)17-10-18-16(12-25-20(18)8-14(17)3)9-21(24)23-11-15-6-4-5-7-19(15)22/h4-8,10,12-13H,9,11H2,1-3H3,(H,23,24). The summed E-state index contributed by atoms with van der Waals surface area (Å²) in [5.74, 6) is 0.385. The van der Waals surface area contributed by atoms with Gasteiger partial charge in [0.2, 0.25) is 5.91 Å². The van der Waals surface area contributed by atoms with Gasteiger partial charge in [-0.25, -0.2) is 0 Å². The molecule has 1 aromatic heterocycles. The summed E-state index contributed by atoms with van der Waals surface area (Å²) in [4.78, 5) is 12.3. The van der Waals surface area contributed by atoms with Gasteiger partial charge in [0.05, 0.1) is 12.7 Å². The molecule has 1 amide bonds. The number of carbonyl (C=O) groups is 1. The number of hydrogen-bond acceptors (Lipinski definition) is 2. The lowest BCUT2D eigenvalue weighted by atomic mass is 9.95. The minimum atomic E-state index is -0.0470. The summed E-state index contributed by atoms with van der Waals surface area (Å²) in [7, 11) is 0. The molecule has 130 valence electrons.